The Hall–Kier alpha value is -3.36. The zero-order valence-electron chi connectivity index (χ0n) is 13.3. The number of carbonyl (C=O) groups excluding carboxylic acids is 1. The van der Waals surface area contributed by atoms with Crippen molar-refractivity contribution in [1.29, 1.82) is 0 Å². The van der Waals surface area contributed by atoms with Crippen molar-refractivity contribution >= 4 is 11.9 Å². The molecule has 25 heavy (non-hydrogen) atoms. The number of nitrogens with zero attached hydrogens (tertiary/aromatic N) is 6. The van der Waals surface area contributed by atoms with Crippen molar-refractivity contribution in [1.82, 2.24) is 30.2 Å². The number of fused-ring (bicyclic) bond motifs is 1. The summed E-state index contributed by atoms with van der Waals surface area (Å²) >= 11 is 0. The van der Waals surface area contributed by atoms with Gasteiger partial charge in [-0.05, 0) is 12.1 Å². The zero-order valence-corrected chi connectivity index (χ0v) is 13.3. The van der Waals surface area contributed by atoms with Gasteiger partial charge in [-0.1, -0.05) is 5.16 Å². The van der Waals surface area contributed by atoms with Crippen LogP contribution >= 0.6 is 0 Å². The number of amides is 1. The maximum Gasteiger partial charge on any atom is 0.255 e. The topological polar surface area (TPSA) is 110 Å². The lowest BCUT2D eigenvalue weighted by atomic mass is 10.0. The minimum absolute atomic E-state index is 0.0768. The predicted octanol–water partition coefficient (Wildman–Crippen LogP) is 1.07. The van der Waals surface area contributed by atoms with Gasteiger partial charge < -0.3 is 14.7 Å². The summed E-state index contributed by atoms with van der Waals surface area (Å²) < 4.78 is 5.42. The van der Waals surface area contributed by atoms with Gasteiger partial charge in [0.1, 0.15) is 11.5 Å². The molecule has 9 nitrogen and oxygen atoms in total. The summed E-state index contributed by atoms with van der Waals surface area (Å²) in [6.07, 6.45) is 6.94. The Morgan fingerprint density at radius 2 is 2.12 bits per heavy atom. The van der Waals surface area contributed by atoms with Crippen LogP contribution in [0, 0.1) is 0 Å². The minimum atomic E-state index is -0.0768. The smallest absolute Gasteiger partial charge is 0.255 e. The van der Waals surface area contributed by atoms with Gasteiger partial charge in [0.25, 0.3) is 5.91 Å². The molecule has 126 valence electrons. The molecule has 0 fully saturated rings. The molecule has 0 aromatic carbocycles. The highest BCUT2D eigenvalue weighted by molar-refractivity contribution is 5.93. The maximum absolute atomic E-state index is 12.6. The van der Waals surface area contributed by atoms with Gasteiger partial charge in [0, 0.05) is 30.9 Å². The lowest BCUT2D eigenvalue weighted by Crippen LogP contribution is -2.36. The van der Waals surface area contributed by atoms with Crippen molar-refractivity contribution in [3.63, 3.8) is 0 Å². The molecule has 0 aliphatic carbocycles. The molecule has 3 aromatic rings. The number of hydrogen-bond acceptors (Lipinski definition) is 8. The van der Waals surface area contributed by atoms with Crippen molar-refractivity contribution in [2.75, 3.05) is 11.9 Å². The third-order valence-corrected chi connectivity index (χ3v) is 4.01. The van der Waals surface area contributed by atoms with Gasteiger partial charge in [-0.25, -0.2) is 9.97 Å². The second-order valence-electron chi connectivity index (χ2n) is 5.56. The molecule has 4 heterocycles. The highest BCUT2D eigenvalue weighted by atomic mass is 16.5. The van der Waals surface area contributed by atoms with Crippen LogP contribution in [0.5, 0.6) is 0 Å². The molecule has 1 amide bonds. The molecule has 0 radical (unpaired) electrons. The van der Waals surface area contributed by atoms with Crippen LogP contribution in [-0.4, -0.2) is 42.7 Å². The van der Waals surface area contributed by atoms with E-state index in [9.17, 15) is 4.79 Å². The lowest BCUT2D eigenvalue weighted by molar-refractivity contribution is 0.0728. The number of hydrogen-bond donors (Lipinski definition) is 1. The van der Waals surface area contributed by atoms with Crippen LogP contribution in [0.15, 0.2) is 41.4 Å². The highest BCUT2D eigenvalue weighted by Crippen LogP contribution is 2.24. The van der Waals surface area contributed by atoms with Crippen molar-refractivity contribution in [2.45, 2.75) is 19.5 Å². The Morgan fingerprint density at radius 1 is 1.24 bits per heavy atom. The van der Waals surface area contributed by atoms with E-state index in [1.54, 1.807) is 29.4 Å². The van der Waals surface area contributed by atoms with Gasteiger partial charge in [-0.3, -0.25) is 4.79 Å². The van der Waals surface area contributed by atoms with Crippen LogP contribution in [-0.2, 0) is 19.5 Å². The molecular weight excluding hydrogens is 322 g/mol. The van der Waals surface area contributed by atoms with E-state index in [1.165, 1.54) is 12.4 Å². The Bertz CT molecular complexity index is 867. The molecule has 3 aromatic heterocycles. The fourth-order valence-corrected chi connectivity index (χ4v) is 2.73. The van der Waals surface area contributed by atoms with E-state index in [0.29, 0.717) is 37.6 Å². The molecule has 4 rings (SSSR count). The quantitative estimate of drug-likeness (QED) is 0.752. The molecule has 1 aliphatic heterocycles. The minimum Gasteiger partial charge on any atom is -0.361 e. The Morgan fingerprint density at radius 3 is 2.92 bits per heavy atom. The third kappa shape index (κ3) is 3.16. The summed E-state index contributed by atoms with van der Waals surface area (Å²) in [6, 6.07) is 3.41. The zero-order chi connectivity index (χ0) is 17.1. The first-order valence-electron chi connectivity index (χ1n) is 7.84. The predicted molar refractivity (Wildman–Crippen MR) is 86.3 cm³/mol. The van der Waals surface area contributed by atoms with E-state index >= 15 is 0 Å². The Labute approximate surface area is 143 Å². The van der Waals surface area contributed by atoms with Gasteiger partial charge in [0.05, 0.1) is 31.0 Å². The van der Waals surface area contributed by atoms with Crippen molar-refractivity contribution in [2.24, 2.45) is 0 Å². The molecule has 1 N–H and O–H groups in total. The number of aromatic nitrogens is 5. The lowest BCUT2D eigenvalue weighted by Gasteiger charge is -2.26. The molecule has 0 unspecified atom stereocenters. The molecule has 0 bridgehead atoms. The number of rotatable bonds is 4. The summed E-state index contributed by atoms with van der Waals surface area (Å²) in [6.45, 7) is 1.46. The largest absolute Gasteiger partial charge is 0.361 e. The monoisotopic (exact) mass is 337 g/mol. The number of carbonyl (C=O) groups is 1. The fourth-order valence-electron chi connectivity index (χ4n) is 2.73. The average molecular weight is 337 g/mol. The van der Waals surface area contributed by atoms with Crippen LogP contribution in [0.2, 0.25) is 0 Å². The van der Waals surface area contributed by atoms with Gasteiger partial charge in [-0.2, -0.15) is 10.2 Å². The number of anilines is 1. The molecule has 9 heteroatoms. The fraction of sp³-hybridized carbons (Fsp3) is 0.250. The standard InChI is InChI=1S/C16H15N7O2/c24-15(11-2-6-20-21-8-11)23-7-3-14-12(10-23)13(22-25-14)9-19-16-17-4-1-5-18-16/h1-2,4-6,8H,3,7,9-10H2,(H,17,18,19). The average Bonchev–Trinajstić information content (AvgIpc) is 3.09. The molecule has 1 aliphatic rings. The summed E-state index contributed by atoms with van der Waals surface area (Å²) in [5, 5.41) is 14.7. The van der Waals surface area contributed by atoms with Crippen molar-refractivity contribution in [3.8, 4) is 0 Å². The van der Waals surface area contributed by atoms with Gasteiger partial charge in [0.15, 0.2) is 0 Å². The van der Waals surface area contributed by atoms with Gasteiger partial charge in [-0.15, -0.1) is 0 Å². The van der Waals surface area contributed by atoms with E-state index < -0.39 is 0 Å². The van der Waals surface area contributed by atoms with Crippen LogP contribution in [0.1, 0.15) is 27.4 Å². The summed E-state index contributed by atoms with van der Waals surface area (Å²) in [4.78, 5) is 22.6. The second-order valence-corrected chi connectivity index (χ2v) is 5.56. The third-order valence-electron chi connectivity index (χ3n) is 4.01. The van der Waals surface area contributed by atoms with Gasteiger partial charge in [0.2, 0.25) is 5.95 Å². The summed E-state index contributed by atoms with van der Waals surface area (Å²) in [5.74, 6) is 1.26. The first kappa shape index (κ1) is 15.2. The molecule has 0 spiro atoms. The second kappa shape index (κ2) is 6.63. The van der Waals surface area contributed by atoms with Crippen LogP contribution in [0.4, 0.5) is 5.95 Å². The molecule has 0 saturated carbocycles. The van der Waals surface area contributed by atoms with E-state index in [0.717, 1.165) is 17.0 Å². The van der Waals surface area contributed by atoms with Gasteiger partial charge >= 0.3 is 0 Å². The Balaban J connectivity index is 1.49. The van der Waals surface area contributed by atoms with E-state index in [-0.39, 0.29) is 5.91 Å². The van der Waals surface area contributed by atoms with Crippen LogP contribution in [0.25, 0.3) is 0 Å². The summed E-state index contributed by atoms with van der Waals surface area (Å²) in [7, 11) is 0. The van der Waals surface area contributed by atoms with E-state index in [1.807, 2.05) is 0 Å². The van der Waals surface area contributed by atoms with Crippen LogP contribution in [0.3, 0.4) is 0 Å². The molecule has 0 saturated heterocycles. The SMILES string of the molecule is O=C(c1ccnnc1)N1CCc2onc(CNc3ncccn3)c2C1. The normalized spacial score (nSPS) is 13.4. The molecular formula is C16H15N7O2. The van der Waals surface area contributed by atoms with Crippen LogP contribution < -0.4 is 5.32 Å². The first-order chi connectivity index (χ1) is 12.3. The Kier molecular flexibility index (Phi) is 4.03. The van der Waals surface area contributed by atoms with E-state index in [2.05, 4.69) is 30.6 Å². The van der Waals surface area contributed by atoms with E-state index in [4.69, 9.17) is 4.52 Å². The maximum atomic E-state index is 12.6. The summed E-state index contributed by atoms with van der Waals surface area (Å²) in [5.41, 5.74) is 2.21. The van der Waals surface area contributed by atoms with Crippen molar-refractivity contribution in [3.05, 3.63) is 59.5 Å². The number of nitrogens with one attached hydrogen (secondary N) is 1. The molecule has 0 atom stereocenters. The van der Waals surface area contributed by atoms with Crippen molar-refractivity contribution < 1.29 is 9.32 Å². The first-order valence-corrected chi connectivity index (χ1v) is 7.84. The highest BCUT2D eigenvalue weighted by Gasteiger charge is 2.27.